The average Bonchev–Trinajstić information content (AvgIpc) is 2.26. The fourth-order valence-electron chi connectivity index (χ4n) is 1.34. The van der Waals surface area contributed by atoms with Crippen LogP contribution in [0.3, 0.4) is 0 Å². The molecule has 0 atom stereocenters. The smallest absolute Gasteiger partial charge is 0.120 e. The van der Waals surface area contributed by atoms with E-state index in [0.29, 0.717) is 0 Å². The van der Waals surface area contributed by atoms with Crippen LogP contribution < -0.4 is 10.1 Å². The second kappa shape index (κ2) is 5.32. The summed E-state index contributed by atoms with van der Waals surface area (Å²) in [4.78, 5) is 0. The first-order valence-electron chi connectivity index (χ1n) is 4.77. The van der Waals surface area contributed by atoms with E-state index in [1.165, 1.54) is 5.56 Å². The molecule has 0 radical (unpaired) electrons. The summed E-state index contributed by atoms with van der Waals surface area (Å²) in [5.41, 5.74) is 2.41. The van der Waals surface area contributed by atoms with Crippen LogP contribution in [-0.2, 0) is 6.42 Å². The highest BCUT2D eigenvalue weighted by Crippen LogP contribution is 2.22. The van der Waals surface area contributed by atoms with Crippen LogP contribution in [0.1, 0.15) is 12.5 Å². The number of benzene rings is 1. The van der Waals surface area contributed by atoms with Crippen LogP contribution >= 0.6 is 0 Å². The SMILES string of the molecule is C/C=C/Cc1ccc(OC)cc1NC. The Bertz CT molecular complexity index is 318. The molecule has 1 aromatic rings. The Hall–Kier alpha value is -1.44. The van der Waals surface area contributed by atoms with E-state index in [1.54, 1.807) is 7.11 Å². The summed E-state index contributed by atoms with van der Waals surface area (Å²) in [6, 6.07) is 6.09. The molecule has 0 saturated carbocycles. The molecule has 14 heavy (non-hydrogen) atoms. The first kappa shape index (κ1) is 10.6. The van der Waals surface area contributed by atoms with Crippen LogP contribution in [0.15, 0.2) is 30.4 Å². The molecular weight excluding hydrogens is 174 g/mol. The van der Waals surface area contributed by atoms with Gasteiger partial charge in [0.15, 0.2) is 0 Å². The summed E-state index contributed by atoms with van der Waals surface area (Å²) >= 11 is 0. The van der Waals surface area contributed by atoms with Gasteiger partial charge in [-0.3, -0.25) is 0 Å². The van der Waals surface area contributed by atoms with Crippen molar-refractivity contribution in [2.75, 3.05) is 19.5 Å². The second-order valence-corrected chi connectivity index (χ2v) is 3.05. The van der Waals surface area contributed by atoms with Gasteiger partial charge in [-0.2, -0.15) is 0 Å². The molecule has 0 amide bonds. The lowest BCUT2D eigenvalue weighted by Crippen LogP contribution is -1.95. The summed E-state index contributed by atoms with van der Waals surface area (Å²) < 4.78 is 5.16. The van der Waals surface area contributed by atoms with E-state index in [2.05, 4.69) is 23.5 Å². The third-order valence-corrected chi connectivity index (χ3v) is 2.16. The van der Waals surface area contributed by atoms with Crippen LogP contribution in [0.4, 0.5) is 5.69 Å². The van der Waals surface area contributed by atoms with E-state index in [0.717, 1.165) is 17.9 Å². The first-order chi connectivity index (χ1) is 6.81. The van der Waals surface area contributed by atoms with Crippen LogP contribution in [0.25, 0.3) is 0 Å². The molecule has 1 N–H and O–H groups in total. The number of ether oxygens (including phenoxy) is 1. The van der Waals surface area contributed by atoms with E-state index in [9.17, 15) is 0 Å². The average molecular weight is 191 g/mol. The zero-order valence-electron chi connectivity index (χ0n) is 9.00. The quantitative estimate of drug-likeness (QED) is 0.739. The van der Waals surface area contributed by atoms with Gasteiger partial charge in [-0.1, -0.05) is 18.2 Å². The maximum Gasteiger partial charge on any atom is 0.120 e. The Kier molecular flexibility index (Phi) is 4.05. The van der Waals surface area contributed by atoms with Gasteiger partial charge in [0.2, 0.25) is 0 Å². The second-order valence-electron chi connectivity index (χ2n) is 3.05. The monoisotopic (exact) mass is 191 g/mol. The molecule has 0 fully saturated rings. The molecule has 0 heterocycles. The molecule has 0 aliphatic carbocycles. The lowest BCUT2D eigenvalue weighted by atomic mass is 10.1. The number of allylic oxidation sites excluding steroid dienone is 2. The Morgan fingerprint density at radius 3 is 2.79 bits per heavy atom. The van der Waals surface area contributed by atoms with Crippen molar-refractivity contribution in [2.45, 2.75) is 13.3 Å². The Morgan fingerprint density at radius 2 is 2.21 bits per heavy atom. The summed E-state index contributed by atoms with van der Waals surface area (Å²) in [6.45, 7) is 2.03. The lowest BCUT2D eigenvalue weighted by molar-refractivity contribution is 0.415. The largest absolute Gasteiger partial charge is 0.497 e. The minimum atomic E-state index is 0.888. The molecule has 76 valence electrons. The van der Waals surface area contributed by atoms with Gasteiger partial charge < -0.3 is 10.1 Å². The molecule has 0 aromatic heterocycles. The van der Waals surface area contributed by atoms with Gasteiger partial charge in [-0.05, 0) is 25.0 Å². The summed E-state index contributed by atoms with van der Waals surface area (Å²) in [5, 5.41) is 3.17. The van der Waals surface area contributed by atoms with Crippen molar-refractivity contribution in [3.8, 4) is 5.75 Å². The third-order valence-electron chi connectivity index (χ3n) is 2.16. The molecule has 0 spiro atoms. The molecule has 0 saturated heterocycles. The predicted molar refractivity (Wildman–Crippen MR) is 61.1 cm³/mol. The summed E-state index contributed by atoms with van der Waals surface area (Å²) in [6.07, 6.45) is 5.16. The van der Waals surface area contributed by atoms with Crippen molar-refractivity contribution in [1.29, 1.82) is 0 Å². The fraction of sp³-hybridized carbons (Fsp3) is 0.333. The molecule has 2 nitrogen and oxygen atoms in total. The van der Waals surface area contributed by atoms with Gasteiger partial charge in [0.05, 0.1) is 7.11 Å². The van der Waals surface area contributed by atoms with Gasteiger partial charge in [0.25, 0.3) is 0 Å². The molecule has 1 rings (SSSR count). The third kappa shape index (κ3) is 2.52. The van der Waals surface area contributed by atoms with E-state index < -0.39 is 0 Å². The minimum absolute atomic E-state index is 0.888. The minimum Gasteiger partial charge on any atom is -0.497 e. The maximum atomic E-state index is 5.16. The van der Waals surface area contributed by atoms with E-state index in [4.69, 9.17) is 4.74 Å². The van der Waals surface area contributed by atoms with E-state index >= 15 is 0 Å². The number of hydrogen-bond donors (Lipinski definition) is 1. The van der Waals surface area contributed by atoms with Crippen molar-refractivity contribution >= 4 is 5.69 Å². The number of nitrogens with one attached hydrogen (secondary N) is 1. The van der Waals surface area contributed by atoms with E-state index in [-0.39, 0.29) is 0 Å². The Labute approximate surface area is 85.6 Å². The first-order valence-corrected chi connectivity index (χ1v) is 4.77. The molecule has 0 aliphatic heterocycles. The Morgan fingerprint density at radius 1 is 1.43 bits per heavy atom. The number of rotatable bonds is 4. The number of methoxy groups -OCH3 is 1. The lowest BCUT2D eigenvalue weighted by Gasteiger charge is -2.09. The van der Waals surface area contributed by atoms with Crippen LogP contribution in [-0.4, -0.2) is 14.2 Å². The topological polar surface area (TPSA) is 21.3 Å². The maximum absolute atomic E-state index is 5.16. The van der Waals surface area contributed by atoms with Crippen molar-refractivity contribution in [3.05, 3.63) is 35.9 Å². The molecule has 2 heteroatoms. The number of hydrogen-bond acceptors (Lipinski definition) is 2. The molecule has 0 unspecified atom stereocenters. The highest BCUT2D eigenvalue weighted by atomic mass is 16.5. The van der Waals surface area contributed by atoms with Crippen molar-refractivity contribution in [1.82, 2.24) is 0 Å². The van der Waals surface area contributed by atoms with Gasteiger partial charge in [0, 0.05) is 18.8 Å². The summed E-state index contributed by atoms with van der Waals surface area (Å²) in [5.74, 6) is 0.888. The zero-order chi connectivity index (χ0) is 10.4. The van der Waals surface area contributed by atoms with Gasteiger partial charge in [-0.25, -0.2) is 0 Å². The molecule has 0 bridgehead atoms. The van der Waals surface area contributed by atoms with Crippen LogP contribution in [0, 0.1) is 0 Å². The standard InChI is InChI=1S/C12H17NO/c1-4-5-6-10-7-8-11(14-3)9-12(10)13-2/h4-5,7-9,13H,6H2,1-3H3/b5-4+. The predicted octanol–water partition coefficient (Wildman–Crippen LogP) is 2.86. The van der Waals surface area contributed by atoms with Crippen molar-refractivity contribution in [2.24, 2.45) is 0 Å². The van der Waals surface area contributed by atoms with Gasteiger partial charge >= 0.3 is 0 Å². The van der Waals surface area contributed by atoms with Crippen LogP contribution in [0.5, 0.6) is 5.75 Å². The van der Waals surface area contributed by atoms with Crippen molar-refractivity contribution in [3.63, 3.8) is 0 Å². The van der Waals surface area contributed by atoms with Gasteiger partial charge in [-0.15, -0.1) is 0 Å². The summed E-state index contributed by atoms with van der Waals surface area (Å²) in [7, 11) is 3.61. The molecule has 0 aliphatic rings. The molecular formula is C12H17NO. The fourth-order valence-corrected chi connectivity index (χ4v) is 1.34. The highest BCUT2D eigenvalue weighted by Gasteiger charge is 2.00. The van der Waals surface area contributed by atoms with Crippen LogP contribution in [0.2, 0.25) is 0 Å². The van der Waals surface area contributed by atoms with Crippen molar-refractivity contribution < 1.29 is 4.74 Å². The van der Waals surface area contributed by atoms with Gasteiger partial charge in [0.1, 0.15) is 5.75 Å². The normalized spacial score (nSPS) is 10.5. The highest BCUT2D eigenvalue weighted by molar-refractivity contribution is 5.55. The Balaban J connectivity index is 2.92. The number of anilines is 1. The molecule has 1 aromatic carbocycles. The zero-order valence-corrected chi connectivity index (χ0v) is 9.00. The van der Waals surface area contributed by atoms with E-state index in [1.807, 2.05) is 26.1 Å².